The first-order valence-electron chi connectivity index (χ1n) is 6.19. The molecule has 1 fully saturated rings. The minimum Gasteiger partial charge on any atom is -0.371 e. The van der Waals surface area contributed by atoms with Gasteiger partial charge in [-0.2, -0.15) is 0 Å². The molecule has 0 bridgehead atoms. The minimum absolute atomic E-state index is 0.793. The van der Waals surface area contributed by atoms with E-state index in [4.69, 9.17) is 0 Å². The van der Waals surface area contributed by atoms with E-state index < -0.39 is 0 Å². The standard InChI is InChI=1S/C14H19Br2N/c1-10-5-11(2)9-17(8-10)14-6-13(16)4-3-12(14)7-15/h3-4,6,10-11H,5,7-9H2,1-2H3. The largest absolute Gasteiger partial charge is 0.371 e. The lowest BCUT2D eigenvalue weighted by atomic mass is 9.91. The number of anilines is 1. The Kier molecular flexibility index (Phi) is 4.53. The zero-order chi connectivity index (χ0) is 12.4. The maximum absolute atomic E-state index is 3.59. The number of hydrogen-bond acceptors (Lipinski definition) is 1. The Hall–Kier alpha value is -0.0200. The van der Waals surface area contributed by atoms with Gasteiger partial charge in [-0.15, -0.1) is 0 Å². The van der Waals surface area contributed by atoms with Gasteiger partial charge >= 0.3 is 0 Å². The van der Waals surface area contributed by atoms with Crippen molar-refractivity contribution in [1.29, 1.82) is 0 Å². The van der Waals surface area contributed by atoms with Gasteiger partial charge in [0.25, 0.3) is 0 Å². The lowest BCUT2D eigenvalue weighted by Gasteiger charge is -2.37. The van der Waals surface area contributed by atoms with Crippen molar-refractivity contribution in [2.75, 3.05) is 18.0 Å². The average molecular weight is 361 g/mol. The molecule has 0 aromatic heterocycles. The molecule has 1 saturated heterocycles. The van der Waals surface area contributed by atoms with E-state index >= 15 is 0 Å². The summed E-state index contributed by atoms with van der Waals surface area (Å²) in [6.07, 6.45) is 1.36. The summed E-state index contributed by atoms with van der Waals surface area (Å²) in [4.78, 5) is 2.54. The summed E-state index contributed by atoms with van der Waals surface area (Å²) < 4.78 is 1.17. The van der Waals surface area contributed by atoms with Gasteiger partial charge in [-0.3, -0.25) is 0 Å². The van der Waals surface area contributed by atoms with E-state index in [0.29, 0.717) is 0 Å². The third-order valence-electron chi connectivity index (χ3n) is 3.40. The van der Waals surface area contributed by atoms with E-state index in [2.05, 4.69) is 68.8 Å². The van der Waals surface area contributed by atoms with Gasteiger partial charge in [0, 0.05) is 28.6 Å². The van der Waals surface area contributed by atoms with Gasteiger partial charge in [-0.1, -0.05) is 51.8 Å². The van der Waals surface area contributed by atoms with Crippen LogP contribution in [0.2, 0.25) is 0 Å². The van der Waals surface area contributed by atoms with Crippen LogP contribution in [-0.4, -0.2) is 13.1 Å². The number of rotatable bonds is 2. The summed E-state index contributed by atoms with van der Waals surface area (Å²) in [6.45, 7) is 7.07. The average Bonchev–Trinajstić information content (AvgIpc) is 2.27. The fraction of sp³-hybridized carbons (Fsp3) is 0.571. The highest BCUT2D eigenvalue weighted by Crippen LogP contribution is 2.31. The van der Waals surface area contributed by atoms with Crippen molar-refractivity contribution in [2.24, 2.45) is 11.8 Å². The Bertz CT molecular complexity index is 382. The minimum atomic E-state index is 0.793. The molecule has 94 valence electrons. The molecule has 0 radical (unpaired) electrons. The second-order valence-electron chi connectivity index (χ2n) is 5.26. The molecule has 1 aliphatic rings. The number of benzene rings is 1. The van der Waals surface area contributed by atoms with Gasteiger partial charge in [0.15, 0.2) is 0 Å². The smallest absolute Gasteiger partial charge is 0.0418 e. The lowest BCUT2D eigenvalue weighted by Crippen LogP contribution is -2.39. The quantitative estimate of drug-likeness (QED) is 0.683. The zero-order valence-electron chi connectivity index (χ0n) is 10.4. The fourth-order valence-electron chi connectivity index (χ4n) is 2.80. The molecule has 1 nitrogen and oxygen atoms in total. The van der Waals surface area contributed by atoms with Crippen molar-refractivity contribution >= 4 is 37.5 Å². The van der Waals surface area contributed by atoms with Crippen LogP contribution in [0.5, 0.6) is 0 Å². The van der Waals surface area contributed by atoms with Gasteiger partial charge in [-0.05, 0) is 36.0 Å². The summed E-state index contributed by atoms with van der Waals surface area (Å²) in [5.41, 5.74) is 2.77. The van der Waals surface area contributed by atoms with Gasteiger partial charge in [0.2, 0.25) is 0 Å². The van der Waals surface area contributed by atoms with E-state index in [0.717, 1.165) is 17.2 Å². The van der Waals surface area contributed by atoms with E-state index in [-0.39, 0.29) is 0 Å². The summed E-state index contributed by atoms with van der Waals surface area (Å²) in [5.74, 6) is 1.59. The summed E-state index contributed by atoms with van der Waals surface area (Å²) in [7, 11) is 0. The summed E-state index contributed by atoms with van der Waals surface area (Å²) in [6, 6.07) is 6.58. The summed E-state index contributed by atoms with van der Waals surface area (Å²) >= 11 is 7.17. The van der Waals surface area contributed by atoms with Crippen LogP contribution in [0.1, 0.15) is 25.8 Å². The zero-order valence-corrected chi connectivity index (χ0v) is 13.6. The SMILES string of the molecule is CC1CC(C)CN(c2cc(Br)ccc2CBr)C1. The third-order valence-corrected chi connectivity index (χ3v) is 4.50. The first-order valence-corrected chi connectivity index (χ1v) is 8.11. The molecular formula is C14H19Br2N. The van der Waals surface area contributed by atoms with Crippen molar-refractivity contribution < 1.29 is 0 Å². The molecule has 0 N–H and O–H groups in total. The first kappa shape index (κ1) is 13.4. The predicted octanol–water partition coefficient (Wildman–Crippen LogP) is 4.83. The van der Waals surface area contributed by atoms with Crippen molar-refractivity contribution in [2.45, 2.75) is 25.6 Å². The second kappa shape index (κ2) is 5.75. The van der Waals surface area contributed by atoms with Crippen LogP contribution in [0.25, 0.3) is 0 Å². The van der Waals surface area contributed by atoms with Crippen LogP contribution in [-0.2, 0) is 5.33 Å². The molecule has 3 heteroatoms. The molecule has 2 unspecified atom stereocenters. The maximum Gasteiger partial charge on any atom is 0.0418 e. The van der Waals surface area contributed by atoms with Crippen molar-refractivity contribution in [3.05, 3.63) is 28.2 Å². The second-order valence-corrected chi connectivity index (χ2v) is 6.73. The van der Waals surface area contributed by atoms with Crippen LogP contribution in [0, 0.1) is 11.8 Å². The van der Waals surface area contributed by atoms with Crippen molar-refractivity contribution in [3.8, 4) is 0 Å². The van der Waals surface area contributed by atoms with Crippen LogP contribution < -0.4 is 4.90 Å². The number of halogens is 2. The van der Waals surface area contributed by atoms with E-state index in [1.165, 1.54) is 35.2 Å². The molecule has 2 rings (SSSR count). The molecule has 0 saturated carbocycles. The highest BCUT2D eigenvalue weighted by atomic mass is 79.9. The third kappa shape index (κ3) is 3.25. The molecule has 1 aliphatic heterocycles. The van der Waals surface area contributed by atoms with Crippen molar-refractivity contribution in [1.82, 2.24) is 0 Å². The normalized spacial score (nSPS) is 25.1. The molecule has 1 aromatic rings. The van der Waals surface area contributed by atoms with Crippen LogP contribution in [0.15, 0.2) is 22.7 Å². The maximum atomic E-state index is 3.59. The number of nitrogens with zero attached hydrogens (tertiary/aromatic N) is 1. The van der Waals surface area contributed by atoms with Crippen LogP contribution in [0.3, 0.4) is 0 Å². The Morgan fingerprint density at radius 2 is 1.88 bits per heavy atom. The molecule has 0 aliphatic carbocycles. The van der Waals surface area contributed by atoms with E-state index in [1.54, 1.807) is 0 Å². The first-order chi connectivity index (χ1) is 8.10. The van der Waals surface area contributed by atoms with Gasteiger partial charge in [0.05, 0.1) is 0 Å². The predicted molar refractivity (Wildman–Crippen MR) is 81.9 cm³/mol. The highest BCUT2D eigenvalue weighted by molar-refractivity contribution is 9.10. The molecule has 0 amide bonds. The topological polar surface area (TPSA) is 3.24 Å². The highest BCUT2D eigenvalue weighted by Gasteiger charge is 2.23. The number of piperidine rings is 1. The number of hydrogen-bond donors (Lipinski definition) is 0. The monoisotopic (exact) mass is 359 g/mol. The molecular weight excluding hydrogens is 342 g/mol. The lowest BCUT2D eigenvalue weighted by molar-refractivity contribution is 0.356. The Morgan fingerprint density at radius 1 is 1.24 bits per heavy atom. The number of alkyl halides is 1. The van der Waals surface area contributed by atoms with Crippen LogP contribution >= 0.6 is 31.9 Å². The Labute approximate surface area is 121 Å². The van der Waals surface area contributed by atoms with Gasteiger partial charge < -0.3 is 4.90 Å². The molecule has 0 spiro atoms. The van der Waals surface area contributed by atoms with Gasteiger partial charge in [-0.25, -0.2) is 0 Å². The van der Waals surface area contributed by atoms with Crippen molar-refractivity contribution in [3.63, 3.8) is 0 Å². The van der Waals surface area contributed by atoms with Crippen LogP contribution in [0.4, 0.5) is 5.69 Å². The molecule has 2 atom stereocenters. The summed E-state index contributed by atoms with van der Waals surface area (Å²) in [5, 5.41) is 0.925. The van der Waals surface area contributed by atoms with E-state index in [1.807, 2.05) is 0 Å². The molecule has 1 aromatic carbocycles. The Balaban J connectivity index is 2.28. The fourth-order valence-corrected chi connectivity index (χ4v) is 3.63. The van der Waals surface area contributed by atoms with E-state index in [9.17, 15) is 0 Å². The Morgan fingerprint density at radius 3 is 2.47 bits per heavy atom. The van der Waals surface area contributed by atoms with Gasteiger partial charge in [0.1, 0.15) is 0 Å². The molecule has 17 heavy (non-hydrogen) atoms. The molecule has 1 heterocycles.